The van der Waals surface area contributed by atoms with Gasteiger partial charge in [0, 0.05) is 26.1 Å². The van der Waals surface area contributed by atoms with Gasteiger partial charge in [0.2, 0.25) is 5.91 Å². The topological polar surface area (TPSA) is 69.6 Å². The number of aromatic hydroxyl groups is 1. The number of nitrogens with one attached hydrogen (secondary N) is 1. The normalized spacial score (nSPS) is 16.0. The van der Waals surface area contributed by atoms with Gasteiger partial charge in [0.05, 0.1) is 5.56 Å². The molecule has 1 aromatic rings. The lowest BCUT2D eigenvalue weighted by Crippen LogP contribution is -2.46. The smallest absolute Gasteiger partial charge is 0.255 e. The molecule has 2 rings (SSSR count). The number of carbonyl (C=O) groups excluding carboxylic acids is 2. The summed E-state index contributed by atoms with van der Waals surface area (Å²) in [5.74, 6) is -0.182. The molecule has 0 aromatic heterocycles. The third kappa shape index (κ3) is 3.29. The molecule has 1 fully saturated rings. The van der Waals surface area contributed by atoms with Crippen LogP contribution in [0, 0.1) is 6.92 Å². The van der Waals surface area contributed by atoms with E-state index in [9.17, 15) is 14.7 Å². The fraction of sp³-hybridized carbons (Fsp3) is 0.467. The maximum Gasteiger partial charge on any atom is 0.255 e. The van der Waals surface area contributed by atoms with Gasteiger partial charge in [-0.2, -0.15) is 0 Å². The van der Waals surface area contributed by atoms with Crippen LogP contribution in [0.3, 0.4) is 0 Å². The van der Waals surface area contributed by atoms with E-state index >= 15 is 0 Å². The Bertz CT molecular complexity index is 520. The van der Waals surface area contributed by atoms with Crippen molar-refractivity contribution in [1.82, 2.24) is 10.2 Å². The number of amides is 2. The summed E-state index contributed by atoms with van der Waals surface area (Å²) >= 11 is 0. The summed E-state index contributed by atoms with van der Waals surface area (Å²) in [6, 6.07) is 5.06. The number of piperidine rings is 1. The van der Waals surface area contributed by atoms with Crippen LogP contribution in [0.4, 0.5) is 0 Å². The number of phenolic OH excluding ortho intramolecular Hbond substituents is 1. The minimum absolute atomic E-state index is 0.00340. The molecule has 1 aliphatic heterocycles. The Morgan fingerprint density at radius 1 is 1.30 bits per heavy atom. The quantitative estimate of drug-likeness (QED) is 0.858. The number of hydrogen-bond acceptors (Lipinski definition) is 3. The first kappa shape index (κ1) is 14.4. The van der Waals surface area contributed by atoms with Crippen molar-refractivity contribution in [2.45, 2.75) is 32.7 Å². The summed E-state index contributed by atoms with van der Waals surface area (Å²) in [7, 11) is 0. The number of likely N-dealkylation sites (tertiary alicyclic amines) is 1. The number of nitrogens with zero attached hydrogens (tertiary/aromatic N) is 1. The Morgan fingerprint density at radius 2 is 1.95 bits per heavy atom. The Hall–Kier alpha value is -2.04. The number of aryl methyl sites for hydroxylation is 1. The molecule has 1 heterocycles. The summed E-state index contributed by atoms with van der Waals surface area (Å²) in [6.07, 6.45) is 1.50. The second-order valence-corrected chi connectivity index (χ2v) is 5.27. The van der Waals surface area contributed by atoms with Crippen LogP contribution in [0.5, 0.6) is 5.75 Å². The lowest BCUT2D eigenvalue weighted by molar-refractivity contribution is -0.129. The van der Waals surface area contributed by atoms with Gasteiger partial charge in [-0.1, -0.05) is 6.07 Å². The molecule has 20 heavy (non-hydrogen) atoms. The SMILES string of the molecule is CC(=O)N1CCC(NC(=O)c2ccc(C)cc2O)CC1. The fourth-order valence-corrected chi connectivity index (χ4v) is 2.44. The van der Waals surface area contributed by atoms with Gasteiger partial charge in [-0.25, -0.2) is 0 Å². The van der Waals surface area contributed by atoms with E-state index in [1.807, 2.05) is 6.92 Å². The number of rotatable bonds is 2. The Labute approximate surface area is 118 Å². The van der Waals surface area contributed by atoms with Crippen LogP contribution in [-0.4, -0.2) is 41.0 Å². The molecule has 1 saturated heterocycles. The average Bonchev–Trinajstić information content (AvgIpc) is 2.39. The van der Waals surface area contributed by atoms with Gasteiger partial charge in [-0.05, 0) is 37.5 Å². The van der Waals surface area contributed by atoms with Gasteiger partial charge in [0.1, 0.15) is 5.75 Å². The summed E-state index contributed by atoms with van der Waals surface area (Å²) in [4.78, 5) is 25.1. The molecular formula is C15H20N2O3. The largest absolute Gasteiger partial charge is 0.507 e. The van der Waals surface area contributed by atoms with Crippen molar-refractivity contribution in [3.05, 3.63) is 29.3 Å². The number of phenols is 1. The Balaban J connectivity index is 1.94. The second kappa shape index (κ2) is 5.94. The summed E-state index contributed by atoms with van der Waals surface area (Å²) < 4.78 is 0. The first-order valence-corrected chi connectivity index (χ1v) is 6.83. The predicted molar refractivity (Wildman–Crippen MR) is 75.6 cm³/mol. The van der Waals surface area contributed by atoms with Gasteiger partial charge >= 0.3 is 0 Å². The zero-order chi connectivity index (χ0) is 14.7. The average molecular weight is 276 g/mol. The minimum Gasteiger partial charge on any atom is -0.507 e. The van der Waals surface area contributed by atoms with Gasteiger partial charge in [-0.15, -0.1) is 0 Å². The molecule has 0 bridgehead atoms. The van der Waals surface area contributed by atoms with Crippen molar-refractivity contribution in [1.29, 1.82) is 0 Å². The molecule has 2 amide bonds. The molecule has 0 spiro atoms. The van der Waals surface area contributed by atoms with Crippen molar-refractivity contribution < 1.29 is 14.7 Å². The van der Waals surface area contributed by atoms with Gasteiger partial charge in [0.25, 0.3) is 5.91 Å². The van der Waals surface area contributed by atoms with E-state index in [0.717, 1.165) is 18.4 Å². The number of benzene rings is 1. The molecule has 1 aliphatic rings. The molecule has 5 nitrogen and oxygen atoms in total. The molecule has 5 heteroatoms. The molecule has 1 aromatic carbocycles. The van der Waals surface area contributed by atoms with E-state index in [1.54, 1.807) is 30.0 Å². The van der Waals surface area contributed by atoms with Gasteiger partial charge in [0.15, 0.2) is 0 Å². The highest BCUT2D eigenvalue weighted by atomic mass is 16.3. The maximum absolute atomic E-state index is 12.1. The van der Waals surface area contributed by atoms with Crippen molar-refractivity contribution in [2.75, 3.05) is 13.1 Å². The second-order valence-electron chi connectivity index (χ2n) is 5.27. The maximum atomic E-state index is 12.1. The monoisotopic (exact) mass is 276 g/mol. The highest BCUT2D eigenvalue weighted by Crippen LogP contribution is 2.19. The highest BCUT2D eigenvalue weighted by Gasteiger charge is 2.23. The van der Waals surface area contributed by atoms with E-state index in [1.165, 1.54) is 0 Å². The first-order valence-electron chi connectivity index (χ1n) is 6.83. The van der Waals surface area contributed by atoms with Crippen LogP contribution < -0.4 is 5.32 Å². The number of hydrogen-bond donors (Lipinski definition) is 2. The van der Waals surface area contributed by atoms with Crippen LogP contribution in [0.25, 0.3) is 0 Å². The molecule has 2 N–H and O–H groups in total. The van der Waals surface area contributed by atoms with E-state index in [4.69, 9.17) is 0 Å². The minimum atomic E-state index is -0.260. The van der Waals surface area contributed by atoms with Crippen LogP contribution in [-0.2, 0) is 4.79 Å². The van der Waals surface area contributed by atoms with E-state index in [-0.39, 0.29) is 23.6 Å². The Kier molecular flexibility index (Phi) is 4.27. The van der Waals surface area contributed by atoms with Crippen LogP contribution in [0.2, 0.25) is 0 Å². The third-order valence-corrected chi connectivity index (χ3v) is 3.67. The lowest BCUT2D eigenvalue weighted by Gasteiger charge is -2.31. The van der Waals surface area contributed by atoms with E-state index in [2.05, 4.69) is 5.32 Å². The van der Waals surface area contributed by atoms with E-state index < -0.39 is 0 Å². The van der Waals surface area contributed by atoms with Crippen LogP contribution in [0.15, 0.2) is 18.2 Å². The molecule has 0 saturated carbocycles. The van der Waals surface area contributed by atoms with Gasteiger partial charge < -0.3 is 15.3 Å². The third-order valence-electron chi connectivity index (χ3n) is 3.67. The van der Waals surface area contributed by atoms with E-state index in [0.29, 0.717) is 18.7 Å². The summed E-state index contributed by atoms with van der Waals surface area (Å²) in [6.45, 7) is 4.75. The molecular weight excluding hydrogens is 256 g/mol. The van der Waals surface area contributed by atoms with Crippen molar-refractivity contribution >= 4 is 11.8 Å². The van der Waals surface area contributed by atoms with Crippen LogP contribution >= 0.6 is 0 Å². The lowest BCUT2D eigenvalue weighted by atomic mass is 10.0. The van der Waals surface area contributed by atoms with Gasteiger partial charge in [-0.3, -0.25) is 9.59 Å². The fourth-order valence-electron chi connectivity index (χ4n) is 2.44. The standard InChI is InChI=1S/C15H20N2O3/c1-10-3-4-13(14(19)9-10)15(20)16-12-5-7-17(8-6-12)11(2)18/h3-4,9,12,19H,5-8H2,1-2H3,(H,16,20). The molecule has 0 aliphatic carbocycles. The van der Waals surface area contributed by atoms with Crippen molar-refractivity contribution in [3.63, 3.8) is 0 Å². The zero-order valence-corrected chi connectivity index (χ0v) is 11.8. The predicted octanol–water partition coefficient (Wildman–Crippen LogP) is 1.44. The molecule has 0 radical (unpaired) electrons. The first-order chi connectivity index (χ1) is 9.47. The Morgan fingerprint density at radius 3 is 2.50 bits per heavy atom. The summed E-state index contributed by atoms with van der Waals surface area (Å²) in [5.41, 5.74) is 1.21. The molecule has 0 atom stereocenters. The summed E-state index contributed by atoms with van der Waals surface area (Å²) in [5, 5.41) is 12.7. The van der Waals surface area contributed by atoms with Crippen molar-refractivity contribution in [3.8, 4) is 5.75 Å². The number of carbonyl (C=O) groups is 2. The molecule has 108 valence electrons. The van der Waals surface area contributed by atoms with Crippen LogP contribution in [0.1, 0.15) is 35.7 Å². The van der Waals surface area contributed by atoms with Crippen molar-refractivity contribution in [2.24, 2.45) is 0 Å². The zero-order valence-electron chi connectivity index (χ0n) is 11.8. The highest BCUT2D eigenvalue weighted by molar-refractivity contribution is 5.97. The molecule has 0 unspecified atom stereocenters.